The normalized spacial score (nSPS) is 26.3. The Morgan fingerprint density at radius 2 is 2.04 bits per heavy atom. The second-order valence-corrected chi connectivity index (χ2v) is 5.47. The molecule has 1 rings (SSSR count). The molecule has 0 aromatic carbocycles. The van der Waals surface area contributed by atoms with Gasteiger partial charge in [-0.05, 0) is 11.6 Å². The van der Waals surface area contributed by atoms with Gasteiger partial charge in [-0.15, -0.1) is 0 Å². The van der Waals surface area contributed by atoms with Crippen LogP contribution < -0.4 is 5.32 Å². The van der Waals surface area contributed by atoms with Gasteiger partial charge in [0.15, 0.2) is 0 Å². The SMILES string of the molecule is CC(CO)C(=O)N[C@@H]1C(N=[N+]=[N-])C=C(C(=O)O)O[C@H]1[C@H](O)[C@H](O)CO. The lowest BCUT2D eigenvalue weighted by Gasteiger charge is -2.38. The molecule has 1 amide bonds. The van der Waals surface area contributed by atoms with Crippen molar-refractivity contribution in [3.05, 3.63) is 22.3 Å². The zero-order chi connectivity index (χ0) is 19.1. The molecule has 25 heavy (non-hydrogen) atoms. The number of nitrogens with one attached hydrogen (secondary N) is 1. The molecule has 140 valence electrons. The summed E-state index contributed by atoms with van der Waals surface area (Å²) in [6.45, 7) is 0.0788. The lowest BCUT2D eigenvalue weighted by molar-refractivity contribution is -0.146. The number of rotatable bonds is 8. The first kappa shape index (κ1) is 20.7. The van der Waals surface area contributed by atoms with E-state index in [2.05, 4.69) is 15.3 Å². The van der Waals surface area contributed by atoms with Crippen molar-refractivity contribution >= 4 is 11.9 Å². The predicted octanol–water partition coefficient (Wildman–Crippen LogP) is -2.14. The maximum absolute atomic E-state index is 12.0. The van der Waals surface area contributed by atoms with Crippen LogP contribution in [0.25, 0.3) is 10.4 Å². The highest BCUT2D eigenvalue weighted by atomic mass is 16.5. The first-order chi connectivity index (χ1) is 11.8. The number of amides is 1. The van der Waals surface area contributed by atoms with Gasteiger partial charge in [0.2, 0.25) is 11.7 Å². The van der Waals surface area contributed by atoms with E-state index in [1.54, 1.807) is 0 Å². The van der Waals surface area contributed by atoms with Crippen molar-refractivity contribution in [3.8, 4) is 0 Å². The smallest absolute Gasteiger partial charge is 0.370 e. The van der Waals surface area contributed by atoms with E-state index in [1.165, 1.54) is 6.92 Å². The Balaban J connectivity index is 3.26. The molecule has 12 heteroatoms. The molecule has 12 nitrogen and oxygen atoms in total. The number of azide groups is 1. The summed E-state index contributed by atoms with van der Waals surface area (Å²) >= 11 is 0. The maximum Gasteiger partial charge on any atom is 0.370 e. The van der Waals surface area contributed by atoms with Gasteiger partial charge >= 0.3 is 5.97 Å². The fourth-order valence-corrected chi connectivity index (χ4v) is 2.16. The molecule has 0 spiro atoms. The Hall–Kier alpha value is -2.37. The Morgan fingerprint density at radius 3 is 2.52 bits per heavy atom. The first-order valence-electron chi connectivity index (χ1n) is 7.31. The van der Waals surface area contributed by atoms with Crippen LogP contribution in [0.4, 0.5) is 0 Å². The quantitative estimate of drug-likeness (QED) is 0.159. The Labute approximate surface area is 142 Å². The molecule has 1 heterocycles. The molecule has 0 saturated carbocycles. The lowest BCUT2D eigenvalue weighted by atomic mass is 9.92. The minimum absolute atomic E-state index is 0.478. The van der Waals surface area contributed by atoms with Gasteiger partial charge < -0.3 is 35.6 Å². The molecule has 6 atom stereocenters. The molecule has 0 fully saturated rings. The van der Waals surface area contributed by atoms with Gasteiger partial charge in [-0.2, -0.15) is 0 Å². The summed E-state index contributed by atoms with van der Waals surface area (Å²) in [4.78, 5) is 25.7. The molecule has 0 aromatic heterocycles. The van der Waals surface area contributed by atoms with Crippen molar-refractivity contribution in [1.82, 2.24) is 5.32 Å². The Kier molecular flexibility index (Phi) is 7.61. The molecular weight excluding hydrogens is 340 g/mol. The summed E-state index contributed by atoms with van der Waals surface area (Å²) < 4.78 is 5.12. The van der Waals surface area contributed by atoms with Gasteiger partial charge in [0.25, 0.3) is 0 Å². The fraction of sp³-hybridized carbons (Fsp3) is 0.692. The molecule has 1 aliphatic rings. The van der Waals surface area contributed by atoms with E-state index >= 15 is 0 Å². The van der Waals surface area contributed by atoms with Crippen molar-refractivity contribution in [1.29, 1.82) is 0 Å². The minimum atomic E-state index is -1.79. The van der Waals surface area contributed by atoms with Crippen molar-refractivity contribution < 1.29 is 39.9 Å². The van der Waals surface area contributed by atoms with E-state index in [0.717, 1.165) is 6.08 Å². The van der Waals surface area contributed by atoms with Crippen LogP contribution in [-0.4, -0.2) is 81.0 Å². The van der Waals surface area contributed by atoms with Gasteiger partial charge in [0.05, 0.1) is 31.2 Å². The Bertz CT molecular complexity index is 576. The van der Waals surface area contributed by atoms with Crippen LogP contribution in [0.3, 0.4) is 0 Å². The van der Waals surface area contributed by atoms with Crippen LogP contribution in [0.5, 0.6) is 0 Å². The highest BCUT2D eigenvalue weighted by Crippen LogP contribution is 2.25. The van der Waals surface area contributed by atoms with Crippen LogP contribution in [0.2, 0.25) is 0 Å². The maximum atomic E-state index is 12.0. The zero-order valence-electron chi connectivity index (χ0n) is 13.3. The van der Waals surface area contributed by atoms with E-state index in [-0.39, 0.29) is 0 Å². The van der Waals surface area contributed by atoms with E-state index in [1.807, 2.05) is 0 Å². The van der Waals surface area contributed by atoms with Crippen molar-refractivity contribution in [2.24, 2.45) is 11.0 Å². The number of carboxylic acids is 1. The highest BCUT2D eigenvalue weighted by Gasteiger charge is 2.43. The first-order valence-corrected chi connectivity index (χ1v) is 7.31. The average molecular weight is 360 g/mol. The number of nitrogens with zero attached hydrogens (tertiary/aromatic N) is 3. The zero-order valence-corrected chi connectivity index (χ0v) is 13.3. The summed E-state index contributed by atoms with van der Waals surface area (Å²) in [5.41, 5.74) is 8.67. The third kappa shape index (κ3) is 5.05. The van der Waals surface area contributed by atoms with Gasteiger partial charge in [0, 0.05) is 4.91 Å². The van der Waals surface area contributed by atoms with Gasteiger partial charge in [0.1, 0.15) is 18.3 Å². The summed E-state index contributed by atoms with van der Waals surface area (Å²) in [6.07, 6.45) is -4.06. The largest absolute Gasteiger partial charge is 0.478 e. The van der Waals surface area contributed by atoms with E-state index in [9.17, 15) is 19.8 Å². The summed E-state index contributed by atoms with van der Waals surface area (Å²) in [7, 11) is 0. The topological polar surface area (TPSA) is 205 Å². The van der Waals surface area contributed by atoms with E-state index in [4.69, 9.17) is 25.6 Å². The van der Waals surface area contributed by atoms with Crippen molar-refractivity contribution in [2.45, 2.75) is 37.3 Å². The van der Waals surface area contributed by atoms with E-state index in [0.29, 0.717) is 0 Å². The summed E-state index contributed by atoms with van der Waals surface area (Å²) in [5, 5.41) is 52.6. The molecule has 0 radical (unpaired) electrons. The molecule has 2 unspecified atom stereocenters. The number of aliphatic carboxylic acids is 1. The Morgan fingerprint density at radius 1 is 1.40 bits per heavy atom. The number of ether oxygens (including phenoxy) is 1. The lowest BCUT2D eigenvalue weighted by Crippen LogP contribution is -2.60. The minimum Gasteiger partial charge on any atom is -0.478 e. The van der Waals surface area contributed by atoms with Crippen molar-refractivity contribution in [2.75, 3.05) is 13.2 Å². The number of aliphatic hydroxyl groups is 4. The fourth-order valence-electron chi connectivity index (χ4n) is 2.16. The average Bonchev–Trinajstić information content (AvgIpc) is 2.60. The molecule has 0 aromatic rings. The van der Waals surface area contributed by atoms with Crippen LogP contribution in [0, 0.1) is 5.92 Å². The molecule has 0 aliphatic carbocycles. The van der Waals surface area contributed by atoms with Gasteiger partial charge in [-0.3, -0.25) is 4.79 Å². The molecule has 0 bridgehead atoms. The second-order valence-electron chi connectivity index (χ2n) is 5.47. The monoisotopic (exact) mass is 360 g/mol. The highest BCUT2D eigenvalue weighted by molar-refractivity contribution is 5.85. The number of hydrogen-bond donors (Lipinski definition) is 6. The number of aliphatic hydroxyl groups excluding tert-OH is 4. The van der Waals surface area contributed by atoms with Crippen LogP contribution in [0.1, 0.15) is 6.92 Å². The number of carbonyl (C=O) groups excluding carboxylic acids is 1. The predicted molar refractivity (Wildman–Crippen MR) is 80.8 cm³/mol. The van der Waals surface area contributed by atoms with Crippen LogP contribution in [-0.2, 0) is 14.3 Å². The van der Waals surface area contributed by atoms with Crippen molar-refractivity contribution in [3.63, 3.8) is 0 Å². The van der Waals surface area contributed by atoms with Gasteiger partial charge in [-0.25, -0.2) is 4.79 Å². The summed E-state index contributed by atoms with van der Waals surface area (Å²) in [6, 6.07) is -2.48. The van der Waals surface area contributed by atoms with Gasteiger partial charge in [-0.1, -0.05) is 12.0 Å². The summed E-state index contributed by atoms with van der Waals surface area (Å²) in [5.74, 6) is -3.66. The molecule has 6 N–H and O–H groups in total. The standard InChI is InChI=1S/C13H20N4O8/c1-5(3-18)12(22)15-9-6(16-17-14)2-8(13(23)24)25-11(9)10(21)7(20)4-19/h2,5-7,9-11,18-21H,3-4H2,1H3,(H,15,22)(H,23,24)/t5?,6?,7-,9-,10-,11-/m1/s1. The third-order valence-electron chi connectivity index (χ3n) is 3.65. The molecule has 0 saturated heterocycles. The third-order valence-corrected chi connectivity index (χ3v) is 3.65. The number of carbonyl (C=O) groups is 2. The van der Waals surface area contributed by atoms with E-state index < -0.39 is 67.2 Å². The second kappa shape index (κ2) is 9.20. The number of carboxylic acid groups (broad SMARTS) is 1. The van der Waals surface area contributed by atoms with Crippen LogP contribution >= 0.6 is 0 Å². The van der Waals surface area contributed by atoms with Crippen LogP contribution in [0.15, 0.2) is 16.9 Å². The number of hydrogen-bond acceptors (Lipinski definition) is 8. The molecular formula is C13H20N4O8. The molecule has 1 aliphatic heterocycles.